The number of nitrogens with one attached hydrogen (secondary N) is 1. The molecule has 3 aromatic rings. The number of anilines is 1. The van der Waals surface area contributed by atoms with E-state index in [9.17, 15) is 14.9 Å². The van der Waals surface area contributed by atoms with Crippen molar-refractivity contribution < 1.29 is 19.2 Å². The van der Waals surface area contributed by atoms with Crippen LogP contribution < -0.4 is 10.5 Å². The van der Waals surface area contributed by atoms with Gasteiger partial charge in [-0.25, -0.2) is 4.79 Å². The molecule has 2 aromatic carbocycles. The van der Waals surface area contributed by atoms with Gasteiger partial charge >= 0.3 is 5.97 Å². The second-order valence-corrected chi connectivity index (χ2v) is 5.68. The van der Waals surface area contributed by atoms with Crippen molar-refractivity contribution in [2.24, 2.45) is 0 Å². The molecule has 26 heavy (non-hydrogen) atoms. The number of non-ortho nitro benzene ring substituents is 1. The van der Waals surface area contributed by atoms with Crippen molar-refractivity contribution in [1.82, 2.24) is 4.98 Å². The molecule has 0 aliphatic rings. The number of H-pyrrole nitrogens is 1. The first kappa shape index (κ1) is 17.3. The monoisotopic (exact) mass is 355 g/mol. The Morgan fingerprint density at radius 2 is 1.96 bits per heavy atom. The number of methoxy groups -OCH3 is 1. The first-order valence-electron chi connectivity index (χ1n) is 7.84. The van der Waals surface area contributed by atoms with Gasteiger partial charge in [0, 0.05) is 35.7 Å². The second kappa shape index (κ2) is 7.14. The van der Waals surface area contributed by atoms with Crippen molar-refractivity contribution >= 4 is 28.2 Å². The van der Waals surface area contributed by atoms with Crippen LogP contribution >= 0.6 is 0 Å². The summed E-state index contributed by atoms with van der Waals surface area (Å²) in [6.07, 6.45) is 0.459. The highest BCUT2D eigenvalue weighted by molar-refractivity contribution is 5.98. The van der Waals surface area contributed by atoms with Crippen LogP contribution in [-0.4, -0.2) is 29.6 Å². The molecule has 1 heterocycles. The molecule has 0 amide bonds. The molecule has 1 aromatic heterocycles. The summed E-state index contributed by atoms with van der Waals surface area (Å²) >= 11 is 0. The van der Waals surface area contributed by atoms with Gasteiger partial charge in [-0.3, -0.25) is 10.1 Å². The highest BCUT2D eigenvalue weighted by atomic mass is 16.6. The first-order valence-corrected chi connectivity index (χ1v) is 7.84. The third kappa shape index (κ3) is 3.59. The smallest absolute Gasteiger partial charge is 0.354 e. The van der Waals surface area contributed by atoms with Gasteiger partial charge in [0.1, 0.15) is 11.4 Å². The number of nitro groups is 1. The highest BCUT2D eigenvalue weighted by Crippen LogP contribution is 2.29. The van der Waals surface area contributed by atoms with Crippen molar-refractivity contribution in [1.29, 1.82) is 0 Å². The maximum atomic E-state index is 12.2. The van der Waals surface area contributed by atoms with Gasteiger partial charge in [0.15, 0.2) is 0 Å². The fraction of sp³-hybridized carbons (Fsp3) is 0.167. The Bertz CT molecular complexity index is 963. The minimum Gasteiger partial charge on any atom is -0.494 e. The molecular formula is C18H17N3O5. The normalized spacial score (nSPS) is 10.7. The van der Waals surface area contributed by atoms with Crippen LogP contribution in [-0.2, 0) is 11.2 Å². The lowest BCUT2D eigenvalue weighted by Gasteiger charge is -2.04. The lowest BCUT2D eigenvalue weighted by molar-refractivity contribution is -0.384. The van der Waals surface area contributed by atoms with Crippen LogP contribution in [0.2, 0.25) is 0 Å². The van der Waals surface area contributed by atoms with E-state index >= 15 is 0 Å². The zero-order chi connectivity index (χ0) is 18.7. The number of fused-ring (bicyclic) bond motifs is 1. The van der Waals surface area contributed by atoms with Crippen LogP contribution in [0, 0.1) is 10.1 Å². The number of nitrogen functional groups attached to an aromatic ring is 1. The van der Waals surface area contributed by atoms with E-state index in [-0.39, 0.29) is 12.3 Å². The predicted molar refractivity (Wildman–Crippen MR) is 96.3 cm³/mol. The second-order valence-electron chi connectivity index (χ2n) is 5.68. The number of hydrogen-bond acceptors (Lipinski definition) is 6. The van der Waals surface area contributed by atoms with Crippen LogP contribution in [0.4, 0.5) is 11.4 Å². The average molecular weight is 355 g/mol. The van der Waals surface area contributed by atoms with Gasteiger partial charge in [0.2, 0.25) is 0 Å². The van der Waals surface area contributed by atoms with Crippen molar-refractivity contribution in [2.45, 2.75) is 6.42 Å². The van der Waals surface area contributed by atoms with E-state index in [1.807, 2.05) is 0 Å². The molecule has 0 radical (unpaired) electrons. The van der Waals surface area contributed by atoms with E-state index in [2.05, 4.69) is 4.98 Å². The van der Waals surface area contributed by atoms with Gasteiger partial charge in [0.25, 0.3) is 5.69 Å². The largest absolute Gasteiger partial charge is 0.494 e. The zero-order valence-electron chi connectivity index (χ0n) is 14.0. The number of aromatic amines is 1. The summed E-state index contributed by atoms with van der Waals surface area (Å²) in [6.45, 7) is 0.158. The Labute approximate surface area is 148 Å². The first-order chi connectivity index (χ1) is 12.5. The number of nitrogens with zero attached hydrogens (tertiary/aromatic N) is 1. The molecular weight excluding hydrogens is 338 g/mol. The Hall–Kier alpha value is -3.55. The van der Waals surface area contributed by atoms with Crippen LogP contribution in [0.1, 0.15) is 16.1 Å². The third-order valence-electron chi connectivity index (χ3n) is 3.93. The van der Waals surface area contributed by atoms with Gasteiger partial charge in [-0.2, -0.15) is 0 Å². The number of nitrogens with two attached hydrogens (primary N) is 1. The van der Waals surface area contributed by atoms with Gasteiger partial charge in [-0.1, -0.05) is 12.1 Å². The van der Waals surface area contributed by atoms with E-state index in [0.29, 0.717) is 29.1 Å². The number of esters is 1. The Morgan fingerprint density at radius 3 is 2.62 bits per heavy atom. The van der Waals surface area contributed by atoms with Crippen molar-refractivity contribution in [3.8, 4) is 5.75 Å². The molecule has 0 bridgehead atoms. The summed E-state index contributed by atoms with van der Waals surface area (Å²) in [7, 11) is 1.53. The van der Waals surface area contributed by atoms with E-state index < -0.39 is 10.9 Å². The zero-order valence-corrected chi connectivity index (χ0v) is 14.0. The number of benzene rings is 2. The minimum atomic E-state index is -0.497. The van der Waals surface area contributed by atoms with E-state index in [1.165, 1.54) is 19.2 Å². The van der Waals surface area contributed by atoms with Crippen LogP contribution in [0.5, 0.6) is 5.75 Å². The summed E-state index contributed by atoms with van der Waals surface area (Å²) in [5.74, 6) is 0.0497. The van der Waals surface area contributed by atoms with Crippen molar-refractivity contribution in [3.05, 3.63) is 63.8 Å². The summed E-state index contributed by atoms with van der Waals surface area (Å²) < 4.78 is 10.5. The lowest BCUT2D eigenvalue weighted by Crippen LogP contribution is -2.08. The molecule has 3 rings (SSSR count). The highest BCUT2D eigenvalue weighted by Gasteiger charge is 2.14. The van der Waals surface area contributed by atoms with Gasteiger partial charge < -0.3 is 20.2 Å². The molecule has 0 aliphatic heterocycles. The number of hydrogen-bond donors (Lipinski definition) is 2. The van der Waals surface area contributed by atoms with Crippen molar-refractivity contribution in [2.75, 3.05) is 19.5 Å². The van der Waals surface area contributed by atoms with Crippen LogP contribution in [0.3, 0.4) is 0 Å². The molecule has 0 saturated carbocycles. The van der Waals surface area contributed by atoms with Crippen LogP contribution in [0.25, 0.3) is 10.9 Å². The number of nitro benzene ring substituents is 1. The predicted octanol–water partition coefficient (Wildman–Crippen LogP) is 3.07. The van der Waals surface area contributed by atoms with Gasteiger partial charge in [0.05, 0.1) is 24.2 Å². The quantitative estimate of drug-likeness (QED) is 0.303. The van der Waals surface area contributed by atoms with Gasteiger partial charge in [-0.05, 0) is 17.7 Å². The lowest BCUT2D eigenvalue weighted by atomic mass is 10.1. The molecule has 0 aliphatic carbocycles. The fourth-order valence-electron chi connectivity index (χ4n) is 2.63. The summed E-state index contributed by atoms with van der Waals surface area (Å²) in [5.41, 5.74) is 8.18. The molecule has 0 atom stereocenters. The topological polar surface area (TPSA) is 120 Å². The molecule has 8 nitrogen and oxygen atoms in total. The molecule has 0 spiro atoms. The summed E-state index contributed by atoms with van der Waals surface area (Å²) in [4.78, 5) is 25.4. The van der Waals surface area contributed by atoms with E-state index in [1.54, 1.807) is 30.3 Å². The molecule has 3 N–H and O–H groups in total. The van der Waals surface area contributed by atoms with Gasteiger partial charge in [-0.15, -0.1) is 0 Å². The molecule has 134 valence electrons. The average Bonchev–Trinajstić information content (AvgIpc) is 3.05. The van der Waals surface area contributed by atoms with Crippen molar-refractivity contribution in [3.63, 3.8) is 0 Å². The number of carbonyl (C=O) groups excluding carboxylic acids is 1. The molecule has 0 unspecified atom stereocenters. The number of aromatic nitrogens is 1. The fourth-order valence-corrected chi connectivity index (χ4v) is 2.63. The van der Waals surface area contributed by atoms with E-state index in [0.717, 1.165) is 10.9 Å². The van der Waals surface area contributed by atoms with Crippen LogP contribution in [0.15, 0.2) is 42.5 Å². The summed E-state index contributed by atoms with van der Waals surface area (Å²) in [5, 5.41) is 11.4. The molecule has 8 heteroatoms. The summed E-state index contributed by atoms with van der Waals surface area (Å²) in [6, 6.07) is 11.2. The standard InChI is InChI=1S/C18H17N3O5/c1-25-16-10-13(19)8-12-9-15(20-17(12)16)18(22)26-7-6-11-2-4-14(5-3-11)21(23)24/h2-5,8-10,20H,6-7,19H2,1H3. The number of rotatable bonds is 6. The molecule has 0 fully saturated rings. The Kier molecular flexibility index (Phi) is 4.74. The Morgan fingerprint density at radius 1 is 1.23 bits per heavy atom. The number of carbonyl (C=O) groups is 1. The third-order valence-corrected chi connectivity index (χ3v) is 3.93. The maximum Gasteiger partial charge on any atom is 0.354 e. The number of ether oxygens (including phenoxy) is 2. The minimum absolute atomic E-state index is 0.0250. The maximum absolute atomic E-state index is 12.2. The SMILES string of the molecule is COc1cc(N)cc2cc(C(=O)OCCc3ccc([N+](=O)[O-])cc3)[nH]c12. The van der Waals surface area contributed by atoms with E-state index in [4.69, 9.17) is 15.2 Å². The molecule has 0 saturated heterocycles. The Balaban J connectivity index is 1.65.